The highest BCUT2D eigenvalue weighted by atomic mass is 35.5. The maximum absolute atomic E-state index is 12.4. The van der Waals surface area contributed by atoms with E-state index in [2.05, 4.69) is 0 Å². The van der Waals surface area contributed by atoms with Crippen molar-refractivity contribution in [3.8, 4) is 0 Å². The van der Waals surface area contributed by atoms with E-state index >= 15 is 0 Å². The average Bonchev–Trinajstić information content (AvgIpc) is 2.35. The van der Waals surface area contributed by atoms with Crippen molar-refractivity contribution in [1.82, 2.24) is 4.90 Å². The smallest absolute Gasteiger partial charge is 0.253 e. The minimum atomic E-state index is -3.61. The number of halogens is 1. The molecular weight excluding hydrogens is 326 g/mol. The van der Waals surface area contributed by atoms with Crippen LogP contribution in [0.2, 0.25) is 0 Å². The van der Waals surface area contributed by atoms with Crippen molar-refractivity contribution in [3.05, 3.63) is 35.4 Å². The van der Waals surface area contributed by atoms with E-state index in [1.54, 1.807) is 36.2 Å². The first kappa shape index (κ1) is 20.9. The molecule has 0 heterocycles. The maximum Gasteiger partial charge on any atom is 0.253 e. The van der Waals surface area contributed by atoms with E-state index in [-0.39, 0.29) is 29.5 Å². The van der Waals surface area contributed by atoms with Gasteiger partial charge in [-0.2, -0.15) is 0 Å². The summed E-state index contributed by atoms with van der Waals surface area (Å²) in [5.41, 5.74) is 6.42. The molecule has 6 nitrogen and oxygen atoms in total. The molecule has 0 bridgehead atoms. The predicted molar refractivity (Wildman–Crippen MR) is 90.3 cm³/mol. The Labute approximate surface area is 138 Å². The van der Waals surface area contributed by atoms with Gasteiger partial charge in [0.2, 0.25) is 10.0 Å². The maximum atomic E-state index is 12.4. The Bertz CT molecular complexity index is 618. The van der Waals surface area contributed by atoms with Gasteiger partial charge in [0, 0.05) is 19.2 Å². The fraction of sp³-hybridized carbons (Fsp3) is 0.500. The quantitative estimate of drug-likeness (QED) is 0.797. The van der Waals surface area contributed by atoms with E-state index < -0.39 is 10.0 Å². The molecule has 0 aliphatic carbocycles. The lowest BCUT2D eigenvalue weighted by Gasteiger charge is -2.29. The third-order valence-electron chi connectivity index (χ3n) is 3.11. The second kappa shape index (κ2) is 7.92. The van der Waals surface area contributed by atoms with Crippen LogP contribution < -0.4 is 10.9 Å². The van der Waals surface area contributed by atoms with Gasteiger partial charge in [0.25, 0.3) is 5.91 Å². The zero-order chi connectivity index (χ0) is 16.3. The first-order valence-electron chi connectivity index (χ1n) is 6.59. The minimum absolute atomic E-state index is 0. The molecule has 1 aromatic carbocycles. The van der Waals surface area contributed by atoms with Gasteiger partial charge in [0.05, 0.1) is 5.75 Å². The standard InChI is InChI=1S/C14H23N3O3S.ClH/c1-14(2,9-15)10-17(3)13(18)12-6-4-5-11(7-12)8-21(16,19)20;/h4-7H,8-10,15H2,1-3H3,(H2,16,19,20);1H. The van der Waals surface area contributed by atoms with Crippen LogP contribution in [-0.4, -0.2) is 39.4 Å². The fourth-order valence-electron chi connectivity index (χ4n) is 2.03. The van der Waals surface area contributed by atoms with Gasteiger partial charge in [0.1, 0.15) is 0 Å². The molecule has 1 aromatic rings. The predicted octanol–water partition coefficient (Wildman–Crippen LogP) is 0.954. The molecule has 0 radical (unpaired) electrons. The fourth-order valence-corrected chi connectivity index (χ4v) is 2.67. The summed E-state index contributed by atoms with van der Waals surface area (Å²) in [5.74, 6) is -0.459. The van der Waals surface area contributed by atoms with E-state index in [0.29, 0.717) is 24.2 Å². The number of hydrogen-bond acceptors (Lipinski definition) is 4. The van der Waals surface area contributed by atoms with Crippen LogP contribution in [0.1, 0.15) is 29.8 Å². The Hall–Kier alpha value is -1.15. The van der Waals surface area contributed by atoms with Gasteiger partial charge in [0.15, 0.2) is 0 Å². The zero-order valence-electron chi connectivity index (χ0n) is 13.1. The van der Waals surface area contributed by atoms with Crippen molar-refractivity contribution in [3.63, 3.8) is 0 Å². The molecule has 1 amide bonds. The molecule has 0 atom stereocenters. The normalized spacial score (nSPS) is 11.7. The number of nitrogens with two attached hydrogens (primary N) is 2. The molecule has 22 heavy (non-hydrogen) atoms. The SMILES string of the molecule is CN(CC(C)(C)CN)C(=O)c1cccc(CS(N)(=O)=O)c1.Cl. The molecule has 0 spiro atoms. The van der Waals surface area contributed by atoms with Crippen molar-refractivity contribution in [2.75, 3.05) is 20.1 Å². The topological polar surface area (TPSA) is 106 Å². The highest BCUT2D eigenvalue weighted by Crippen LogP contribution is 2.16. The molecule has 126 valence electrons. The lowest BCUT2D eigenvalue weighted by atomic mass is 9.93. The van der Waals surface area contributed by atoms with E-state index in [9.17, 15) is 13.2 Å². The van der Waals surface area contributed by atoms with Gasteiger partial charge in [-0.15, -0.1) is 12.4 Å². The van der Waals surface area contributed by atoms with Crippen molar-refractivity contribution >= 4 is 28.3 Å². The van der Waals surface area contributed by atoms with Crippen molar-refractivity contribution < 1.29 is 13.2 Å². The first-order valence-corrected chi connectivity index (χ1v) is 8.30. The van der Waals surface area contributed by atoms with Gasteiger partial charge >= 0.3 is 0 Å². The monoisotopic (exact) mass is 349 g/mol. The molecule has 8 heteroatoms. The third-order valence-corrected chi connectivity index (χ3v) is 3.84. The summed E-state index contributed by atoms with van der Waals surface area (Å²) in [6.07, 6.45) is 0. The van der Waals surface area contributed by atoms with E-state index in [1.165, 1.54) is 0 Å². The third kappa shape index (κ3) is 6.74. The molecule has 0 aromatic heterocycles. The number of hydrogen-bond donors (Lipinski definition) is 2. The Morgan fingerprint density at radius 3 is 2.41 bits per heavy atom. The Kier molecular flexibility index (Phi) is 7.50. The van der Waals surface area contributed by atoms with E-state index in [4.69, 9.17) is 10.9 Å². The van der Waals surface area contributed by atoms with Gasteiger partial charge < -0.3 is 10.6 Å². The largest absolute Gasteiger partial charge is 0.341 e. The molecule has 1 rings (SSSR count). The van der Waals surface area contributed by atoms with Crippen LogP contribution in [-0.2, 0) is 15.8 Å². The summed E-state index contributed by atoms with van der Waals surface area (Å²) in [7, 11) is -1.91. The lowest BCUT2D eigenvalue weighted by molar-refractivity contribution is 0.0740. The van der Waals surface area contributed by atoms with Crippen LogP contribution >= 0.6 is 12.4 Å². The van der Waals surface area contributed by atoms with Gasteiger partial charge in [-0.05, 0) is 29.7 Å². The number of primary sulfonamides is 1. The van der Waals surface area contributed by atoms with Crippen LogP contribution in [0.25, 0.3) is 0 Å². The summed E-state index contributed by atoms with van der Waals surface area (Å²) in [5, 5.41) is 5.02. The van der Waals surface area contributed by atoms with Gasteiger partial charge in [-0.1, -0.05) is 26.0 Å². The lowest BCUT2D eigenvalue weighted by Crippen LogP contribution is -2.39. The number of benzene rings is 1. The average molecular weight is 350 g/mol. The van der Waals surface area contributed by atoms with Crippen LogP contribution in [0.3, 0.4) is 0 Å². The van der Waals surface area contributed by atoms with Crippen LogP contribution in [0.4, 0.5) is 0 Å². The summed E-state index contributed by atoms with van der Waals surface area (Å²) < 4.78 is 22.2. The van der Waals surface area contributed by atoms with E-state index in [0.717, 1.165) is 0 Å². The number of carbonyl (C=O) groups excluding carboxylic acids is 1. The minimum Gasteiger partial charge on any atom is -0.341 e. The molecule has 0 saturated heterocycles. The number of rotatable bonds is 6. The van der Waals surface area contributed by atoms with E-state index in [1.807, 2.05) is 13.8 Å². The molecular formula is C14H24ClN3O3S. The van der Waals surface area contributed by atoms with Crippen molar-refractivity contribution in [2.45, 2.75) is 19.6 Å². The van der Waals surface area contributed by atoms with Gasteiger partial charge in [-0.3, -0.25) is 4.79 Å². The second-order valence-corrected chi connectivity index (χ2v) is 7.65. The number of amides is 1. The summed E-state index contributed by atoms with van der Waals surface area (Å²) >= 11 is 0. The molecule has 0 aliphatic heterocycles. The molecule has 0 saturated carbocycles. The number of carbonyl (C=O) groups is 1. The number of nitrogens with zero attached hydrogens (tertiary/aromatic N) is 1. The molecule has 0 aliphatic rings. The van der Waals surface area contributed by atoms with Crippen molar-refractivity contribution in [1.29, 1.82) is 0 Å². The molecule has 4 N–H and O–H groups in total. The molecule has 0 unspecified atom stereocenters. The summed E-state index contributed by atoms with van der Waals surface area (Å²) in [6, 6.07) is 6.49. The Balaban J connectivity index is 0.00000441. The summed E-state index contributed by atoms with van der Waals surface area (Å²) in [4.78, 5) is 13.9. The Morgan fingerprint density at radius 2 is 1.91 bits per heavy atom. The summed E-state index contributed by atoms with van der Waals surface area (Å²) in [6.45, 7) is 4.94. The van der Waals surface area contributed by atoms with Crippen LogP contribution in [0, 0.1) is 5.41 Å². The zero-order valence-corrected chi connectivity index (χ0v) is 14.7. The first-order chi connectivity index (χ1) is 9.54. The Morgan fingerprint density at radius 1 is 1.32 bits per heavy atom. The number of sulfonamides is 1. The van der Waals surface area contributed by atoms with Crippen LogP contribution in [0.15, 0.2) is 24.3 Å². The highest BCUT2D eigenvalue weighted by molar-refractivity contribution is 7.88. The highest BCUT2D eigenvalue weighted by Gasteiger charge is 2.22. The van der Waals surface area contributed by atoms with Gasteiger partial charge in [-0.25, -0.2) is 13.6 Å². The second-order valence-electron chi connectivity index (χ2n) is 6.04. The van der Waals surface area contributed by atoms with Crippen molar-refractivity contribution in [2.24, 2.45) is 16.3 Å². The van der Waals surface area contributed by atoms with Crippen LogP contribution in [0.5, 0.6) is 0 Å². The molecule has 0 fully saturated rings.